The standard InChI is InChI=1S/C24H26N2O4/c1-14(2)12-26-23(28)19-9-7-6-8-18(19)22(25-26)24(29)30-13-21(27)20-11-16(4)15(3)10-17(20)5/h6-11,14H,12-13H2,1-5H3. The van der Waals surface area contributed by atoms with Gasteiger partial charge in [-0.2, -0.15) is 5.10 Å². The molecule has 0 aliphatic carbocycles. The first-order valence-electron chi connectivity index (χ1n) is 9.97. The van der Waals surface area contributed by atoms with Gasteiger partial charge in [0.25, 0.3) is 5.56 Å². The molecular formula is C24H26N2O4. The molecule has 6 heteroatoms. The zero-order valence-electron chi connectivity index (χ0n) is 18.0. The van der Waals surface area contributed by atoms with Crippen LogP contribution in [0.1, 0.15) is 51.4 Å². The zero-order chi connectivity index (χ0) is 22.0. The van der Waals surface area contributed by atoms with Crippen LogP contribution in [0, 0.1) is 26.7 Å². The number of aryl methyl sites for hydroxylation is 3. The van der Waals surface area contributed by atoms with E-state index < -0.39 is 5.97 Å². The number of esters is 1. The number of fused-ring (bicyclic) bond motifs is 1. The smallest absolute Gasteiger partial charge is 0.359 e. The number of Topliss-reactive ketones (excluding diaryl/α,β-unsaturated/α-hetero) is 1. The number of carbonyl (C=O) groups excluding carboxylic acids is 2. The molecule has 3 aromatic rings. The summed E-state index contributed by atoms with van der Waals surface area (Å²) in [4.78, 5) is 38.1. The van der Waals surface area contributed by atoms with Crippen LogP contribution in [0.15, 0.2) is 41.2 Å². The predicted molar refractivity (Wildman–Crippen MR) is 116 cm³/mol. The number of hydrogen-bond acceptors (Lipinski definition) is 5. The summed E-state index contributed by atoms with van der Waals surface area (Å²) < 4.78 is 6.60. The van der Waals surface area contributed by atoms with Crippen molar-refractivity contribution in [2.24, 2.45) is 5.92 Å². The highest BCUT2D eigenvalue weighted by atomic mass is 16.5. The molecule has 1 aromatic heterocycles. The maximum atomic E-state index is 12.8. The van der Waals surface area contributed by atoms with Gasteiger partial charge in [-0.3, -0.25) is 9.59 Å². The monoisotopic (exact) mass is 406 g/mol. The molecule has 0 radical (unpaired) electrons. The number of aromatic nitrogens is 2. The molecule has 0 N–H and O–H groups in total. The van der Waals surface area contributed by atoms with E-state index in [4.69, 9.17) is 4.74 Å². The van der Waals surface area contributed by atoms with Gasteiger partial charge in [-0.05, 0) is 55.5 Å². The number of hydrogen-bond donors (Lipinski definition) is 0. The fourth-order valence-electron chi connectivity index (χ4n) is 3.39. The van der Waals surface area contributed by atoms with Crippen molar-refractivity contribution in [1.29, 1.82) is 0 Å². The molecule has 0 amide bonds. The van der Waals surface area contributed by atoms with Crippen LogP contribution in [-0.4, -0.2) is 28.1 Å². The third-order valence-electron chi connectivity index (χ3n) is 5.07. The summed E-state index contributed by atoms with van der Waals surface area (Å²) >= 11 is 0. The minimum Gasteiger partial charge on any atom is -0.452 e. The highest BCUT2D eigenvalue weighted by Gasteiger charge is 2.20. The summed E-state index contributed by atoms with van der Waals surface area (Å²) in [6, 6.07) is 10.6. The molecule has 6 nitrogen and oxygen atoms in total. The van der Waals surface area contributed by atoms with Gasteiger partial charge >= 0.3 is 5.97 Å². The highest BCUT2D eigenvalue weighted by molar-refractivity contribution is 6.04. The molecule has 0 spiro atoms. The zero-order valence-corrected chi connectivity index (χ0v) is 18.0. The molecule has 0 saturated carbocycles. The average molecular weight is 406 g/mol. The van der Waals surface area contributed by atoms with Gasteiger partial charge in [0.05, 0.1) is 5.39 Å². The number of ether oxygens (including phenoxy) is 1. The van der Waals surface area contributed by atoms with Gasteiger partial charge in [0, 0.05) is 17.5 Å². The van der Waals surface area contributed by atoms with Crippen molar-refractivity contribution < 1.29 is 14.3 Å². The lowest BCUT2D eigenvalue weighted by Crippen LogP contribution is -2.28. The van der Waals surface area contributed by atoms with Crippen LogP contribution in [0.25, 0.3) is 10.8 Å². The largest absolute Gasteiger partial charge is 0.452 e. The lowest BCUT2D eigenvalue weighted by molar-refractivity contribution is 0.0468. The topological polar surface area (TPSA) is 78.3 Å². The van der Waals surface area contributed by atoms with E-state index in [1.54, 1.807) is 24.3 Å². The van der Waals surface area contributed by atoms with E-state index in [-0.39, 0.29) is 29.6 Å². The lowest BCUT2D eigenvalue weighted by Gasteiger charge is -2.13. The summed E-state index contributed by atoms with van der Waals surface area (Å²) in [6.07, 6.45) is 0. The first-order valence-corrected chi connectivity index (χ1v) is 9.97. The number of carbonyl (C=O) groups is 2. The molecule has 0 aliphatic heterocycles. The normalized spacial score (nSPS) is 11.1. The van der Waals surface area contributed by atoms with Gasteiger partial charge in [-0.25, -0.2) is 9.48 Å². The number of ketones is 1. The first kappa shape index (κ1) is 21.4. The Morgan fingerprint density at radius 2 is 1.63 bits per heavy atom. The van der Waals surface area contributed by atoms with E-state index in [0.717, 1.165) is 16.7 Å². The second kappa shape index (κ2) is 8.61. The van der Waals surface area contributed by atoms with Crippen molar-refractivity contribution in [3.8, 4) is 0 Å². The second-order valence-electron chi connectivity index (χ2n) is 8.03. The Morgan fingerprint density at radius 3 is 2.30 bits per heavy atom. The molecule has 30 heavy (non-hydrogen) atoms. The van der Waals surface area contributed by atoms with Crippen LogP contribution in [0.5, 0.6) is 0 Å². The number of benzene rings is 2. The van der Waals surface area contributed by atoms with Crippen molar-refractivity contribution in [2.75, 3.05) is 6.61 Å². The van der Waals surface area contributed by atoms with Crippen molar-refractivity contribution >= 4 is 22.5 Å². The van der Waals surface area contributed by atoms with Crippen molar-refractivity contribution in [2.45, 2.75) is 41.2 Å². The van der Waals surface area contributed by atoms with Gasteiger partial charge in [-0.1, -0.05) is 38.1 Å². The van der Waals surface area contributed by atoms with Gasteiger partial charge in [0.2, 0.25) is 5.78 Å². The van der Waals surface area contributed by atoms with E-state index >= 15 is 0 Å². The molecule has 2 aromatic carbocycles. The van der Waals surface area contributed by atoms with Gasteiger partial charge in [0.1, 0.15) is 0 Å². The molecule has 0 atom stereocenters. The minimum atomic E-state index is -0.724. The lowest BCUT2D eigenvalue weighted by atomic mass is 9.98. The highest BCUT2D eigenvalue weighted by Crippen LogP contribution is 2.18. The fourth-order valence-corrected chi connectivity index (χ4v) is 3.39. The van der Waals surface area contributed by atoms with Crippen LogP contribution in [0.3, 0.4) is 0 Å². The number of rotatable bonds is 6. The maximum absolute atomic E-state index is 12.8. The van der Waals surface area contributed by atoms with Crippen molar-refractivity contribution in [1.82, 2.24) is 9.78 Å². The Morgan fingerprint density at radius 1 is 1.00 bits per heavy atom. The molecule has 0 unspecified atom stereocenters. The van der Waals surface area contributed by atoms with Crippen molar-refractivity contribution in [3.63, 3.8) is 0 Å². The minimum absolute atomic E-state index is 0.0375. The number of nitrogens with zero attached hydrogens (tertiary/aromatic N) is 2. The molecule has 0 aliphatic rings. The third-order valence-corrected chi connectivity index (χ3v) is 5.07. The van der Waals surface area contributed by atoms with Crippen LogP contribution in [0.4, 0.5) is 0 Å². The van der Waals surface area contributed by atoms with Gasteiger partial charge in [-0.15, -0.1) is 0 Å². The Bertz CT molecular complexity index is 1190. The molecule has 0 bridgehead atoms. The van der Waals surface area contributed by atoms with Crippen molar-refractivity contribution in [3.05, 3.63) is 74.7 Å². The van der Waals surface area contributed by atoms with Crippen LogP contribution in [0.2, 0.25) is 0 Å². The SMILES string of the molecule is Cc1cc(C)c(C(=O)COC(=O)c2nn(CC(C)C)c(=O)c3ccccc23)cc1C. The van der Waals surface area contributed by atoms with E-state index in [1.165, 1.54) is 4.68 Å². The Kier molecular flexibility index (Phi) is 6.15. The second-order valence-corrected chi connectivity index (χ2v) is 8.03. The molecule has 3 rings (SSSR count). The molecule has 156 valence electrons. The van der Waals surface area contributed by atoms with Gasteiger partial charge < -0.3 is 4.74 Å². The summed E-state index contributed by atoms with van der Waals surface area (Å²) in [5.41, 5.74) is 3.27. The van der Waals surface area contributed by atoms with E-state index in [2.05, 4.69) is 5.10 Å². The third kappa shape index (κ3) is 4.32. The van der Waals surface area contributed by atoms with Crippen LogP contribution >= 0.6 is 0 Å². The van der Waals surface area contributed by atoms with E-state index in [1.807, 2.05) is 46.8 Å². The molecule has 0 saturated heterocycles. The Balaban J connectivity index is 1.90. The molecule has 0 fully saturated rings. The Hall–Kier alpha value is -3.28. The summed E-state index contributed by atoms with van der Waals surface area (Å²) in [6.45, 7) is 9.70. The molecular weight excluding hydrogens is 380 g/mol. The quantitative estimate of drug-likeness (QED) is 0.456. The average Bonchev–Trinajstić information content (AvgIpc) is 2.70. The summed E-state index contributed by atoms with van der Waals surface area (Å²) in [5, 5.41) is 5.07. The van der Waals surface area contributed by atoms with Crippen LogP contribution in [-0.2, 0) is 11.3 Å². The summed E-state index contributed by atoms with van der Waals surface area (Å²) in [5.74, 6) is -0.822. The van der Waals surface area contributed by atoms with E-state index in [0.29, 0.717) is 22.9 Å². The maximum Gasteiger partial charge on any atom is 0.359 e. The first-order chi connectivity index (χ1) is 14.2. The van der Waals surface area contributed by atoms with Gasteiger partial charge in [0.15, 0.2) is 12.3 Å². The summed E-state index contributed by atoms with van der Waals surface area (Å²) in [7, 11) is 0. The van der Waals surface area contributed by atoms with Crippen LogP contribution < -0.4 is 5.56 Å². The fraction of sp³-hybridized carbons (Fsp3) is 0.333. The predicted octanol–water partition coefficient (Wildman–Crippen LogP) is 4.02. The Labute approximate surface area is 175 Å². The van der Waals surface area contributed by atoms with E-state index in [9.17, 15) is 14.4 Å². The molecule has 1 heterocycles.